The molecule has 3 nitrogen and oxygen atoms in total. The van der Waals surface area contributed by atoms with Crippen LogP contribution in [0.25, 0.3) is 11.0 Å². The summed E-state index contributed by atoms with van der Waals surface area (Å²) in [5.41, 5.74) is 3.73. The molecule has 0 spiro atoms. The van der Waals surface area contributed by atoms with Crippen LogP contribution < -0.4 is 4.74 Å². The molecule has 1 fully saturated rings. The van der Waals surface area contributed by atoms with Crippen LogP contribution in [0.4, 0.5) is 0 Å². The van der Waals surface area contributed by atoms with E-state index in [2.05, 4.69) is 53.1 Å². The van der Waals surface area contributed by atoms with Crippen molar-refractivity contribution < 1.29 is 4.74 Å². The van der Waals surface area contributed by atoms with E-state index in [9.17, 15) is 0 Å². The van der Waals surface area contributed by atoms with Gasteiger partial charge in [0.05, 0.1) is 18.1 Å². The van der Waals surface area contributed by atoms with Gasteiger partial charge in [0.15, 0.2) is 0 Å². The van der Waals surface area contributed by atoms with Crippen molar-refractivity contribution in [3.05, 3.63) is 59.9 Å². The van der Waals surface area contributed by atoms with Gasteiger partial charge in [0.2, 0.25) is 0 Å². The minimum atomic E-state index is 0.620. The van der Waals surface area contributed by atoms with Crippen molar-refractivity contribution >= 4 is 11.0 Å². The molecule has 0 amide bonds. The van der Waals surface area contributed by atoms with Crippen molar-refractivity contribution in [1.29, 1.82) is 0 Å². The smallest absolute Gasteiger partial charge is 0.121 e. The monoisotopic (exact) mass is 334 g/mol. The summed E-state index contributed by atoms with van der Waals surface area (Å²) < 4.78 is 7.85. The molecule has 0 radical (unpaired) electrons. The highest BCUT2D eigenvalue weighted by molar-refractivity contribution is 5.78. The van der Waals surface area contributed by atoms with Gasteiger partial charge in [0.25, 0.3) is 0 Å². The fourth-order valence-electron chi connectivity index (χ4n) is 4.07. The minimum Gasteiger partial charge on any atom is -0.497 e. The molecule has 1 aliphatic carbocycles. The van der Waals surface area contributed by atoms with Gasteiger partial charge in [-0.1, -0.05) is 43.2 Å². The highest BCUT2D eigenvalue weighted by atomic mass is 16.5. The second-order valence-corrected chi connectivity index (χ2v) is 7.05. The van der Waals surface area contributed by atoms with Crippen molar-refractivity contribution in [2.45, 2.75) is 51.0 Å². The fraction of sp³-hybridized carbons (Fsp3) is 0.409. The predicted octanol–water partition coefficient (Wildman–Crippen LogP) is 5.34. The SMILES string of the molecule is COc1ccc2c(c1)nc(C1CCCC1)n2CCCc1ccccc1. The molecule has 1 saturated carbocycles. The van der Waals surface area contributed by atoms with Crippen LogP contribution in [-0.2, 0) is 13.0 Å². The number of ether oxygens (including phenoxy) is 1. The molecule has 130 valence electrons. The first-order chi connectivity index (χ1) is 12.3. The molecular formula is C22H26N2O. The molecule has 0 N–H and O–H groups in total. The second kappa shape index (κ2) is 7.30. The average molecular weight is 334 g/mol. The van der Waals surface area contributed by atoms with Gasteiger partial charge in [0, 0.05) is 18.5 Å². The van der Waals surface area contributed by atoms with Crippen LogP contribution in [-0.4, -0.2) is 16.7 Å². The summed E-state index contributed by atoms with van der Waals surface area (Å²) in [5.74, 6) is 2.79. The third kappa shape index (κ3) is 3.41. The van der Waals surface area contributed by atoms with Gasteiger partial charge < -0.3 is 9.30 Å². The van der Waals surface area contributed by atoms with Gasteiger partial charge in [-0.25, -0.2) is 4.98 Å². The van der Waals surface area contributed by atoms with Crippen LogP contribution in [0, 0.1) is 0 Å². The van der Waals surface area contributed by atoms with Crippen LogP contribution in [0.1, 0.15) is 49.4 Å². The average Bonchev–Trinajstić information content (AvgIpc) is 3.30. The van der Waals surface area contributed by atoms with Crippen LogP contribution >= 0.6 is 0 Å². The fourth-order valence-corrected chi connectivity index (χ4v) is 4.07. The Morgan fingerprint density at radius 1 is 1.08 bits per heavy atom. The largest absolute Gasteiger partial charge is 0.497 e. The number of benzene rings is 2. The molecule has 0 aliphatic heterocycles. The van der Waals surface area contributed by atoms with Gasteiger partial charge >= 0.3 is 0 Å². The maximum Gasteiger partial charge on any atom is 0.121 e. The zero-order valence-corrected chi connectivity index (χ0v) is 14.9. The van der Waals surface area contributed by atoms with Crippen molar-refractivity contribution in [1.82, 2.24) is 9.55 Å². The molecule has 3 aromatic rings. The number of methoxy groups -OCH3 is 1. The van der Waals surface area contributed by atoms with E-state index in [1.165, 1.54) is 42.6 Å². The number of hydrogen-bond donors (Lipinski definition) is 0. The maximum atomic E-state index is 5.39. The van der Waals surface area contributed by atoms with Gasteiger partial charge in [-0.05, 0) is 43.4 Å². The second-order valence-electron chi connectivity index (χ2n) is 7.05. The summed E-state index contributed by atoms with van der Waals surface area (Å²) in [6.45, 7) is 1.03. The van der Waals surface area contributed by atoms with Gasteiger partial charge in [-0.15, -0.1) is 0 Å². The summed E-state index contributed by atoms with van der Waals surface area (Å²) in [4.78, 5) is 5.01. The number of aromatic nitrogens is 2. The number of imidazole rings is 1. The molecule has 0 atom stereocenters. The van der Waals surface area contributed by atoms with Crippen molar-refractivity contribution in [3.8, 4) is 5.75 Å². The molecule has 0 bridgehead atoms. The molecule has 2 aromatic carbocycles. The third-order valence-electron chi connectivity index (χ3n) is 5.40. The Morgan fingerprint density at radius 3 is 2.64 bits per heavy atom. The van der Waals surface area contributed by atoms with E-state index in [1.54, 1.807) is 7.11 Å². The molecule has 0 saturated heterocycles. The maximum absolute atomic E-state index is 5.39. The quantitative estimate of drug-likeness (QED) is 0.609. The Balaban J connectivity index is 1.61. The normalized spacial score (nSPS) is 15.1. The lowest BCUT2D eigenvalue weighted by Gasteiger charge is -2.13. The lowest BCUT2D eigenvalue weighted by molar-refractivity contribution is 0.415. The molecule has 1 heterocycles. The first-order valence-electron chi connectivity index (χ1n) is 9.43. The zero-order chi connectivity index (χ0) is 17.1. The van der Waals surface area contributed by atoms with E-state index in [-0.39, 0.29) is 0 Å². The topological polar surface area (TPSA) is 27.1 Å². The number of aryl methyl sites for hydroxylation is 2. The minimum absolute atomic E-state index is 0.620. The molecule has 25 heavy (non-hydrogen) atoms. The van der Waals surface area contributed by atoms with Crippen molar-refractivity contribution in [3.63, 3.8) is 0 Å². The first kappa shape index (κ1) is 16.2. The van der Waals surface area contributed by atoms with E-state index < -0.39 is 0 Å². The first-order valence-corrected chi connectivity index (χ1v) is 9.43. The number of nitrogens with zero attached hydrogens (tertiary/aromatic N) is 2. The predicted molar refractivity (Wildman–Crippen MR) is 102 cm³/mol. The molecule has 0 unspecified atom stereocenters. The summed E-state index contributed by atoms with van der Waals surface area (Å²) in [5, 5.41) is 0. The Bertz CT molecular complexity index is 832. The van der Waals surface area contributed by atoms with Gasteiger partial charge in [-0.3, -0.25) is 0 Å². The zero-order valence-electron chi connectivity index (χ0n) is 14.9. The van der Waals surface area contributed by atoms with Crippen LogP contribution in [0.5, 0.6) is 5.75 Å². The van der Waals surface area contributed by atoms with Crippen LogP contribution in [0.2, 0.25) is 0 Å². The van der Waals surface area contributed by atoms with E-state index >= 15 is 0 Å². The highest BCUT2D eigenvalue weighted by Crippen LogP contribution is 2.36. The van der Waals surface area contributed by atoms with Crippen molar-refractivity contribution in [2.24, 2.45) is 0 Å². The van der Waals surface area contributed by atoms with Crippen LogP contribution in [0.15, 0.2) is 48.5 Å². The Labute approximate surface area is 149 Å². The number of fused-ring (bicyclic) bond motifs is 1. The lowest BCUT2D eigenvalue weighted by Crippen LogP contribution is -2.08. The molecule has 1 aromatic heterocycles. The Hall–Kier alpha value is -2.29. The van der Waals surface area contributed by atoms with E-state index in [1.807, 2.05) is 0 Å². The molecule has 3 heteroatoms. The Kier molecular flexibility index (Phi) is 4.73. The van der Waals surface area contributed by atoms with Gasteiger partial charge in [0.1, 0.15) is 11.6 Å². The Morgan fingerprint density at radius 2 is 1.88 bits per heavy atom. The number of rotatable bonds is 6. The van der Waals surface area contributed by atoms with E-state index in [0.29, 0.717) is 5.92 Å². The molecule has 4 rings (SSSR count). The number of hydrogen-bond acceptors (Lipinski definition) is 2. The van der Waals surface area contributed by atoms with Crippen LogP contribution in [0.3, 0.4) is 0 Å². The van der Waals surface area contributed by atoms with E-state index in [0.717, 1.165) is 30.7 Å². The standard InChI is InChI=1S/C22H26N2O/c1-25-19-13-14-21-20(16-19)23-22(18-11-5-6-12-18)24(21)15-7-10-17-8-3-2-4-9-17/h2-4,8-9,13-14,16,18H,5-7,10-12,15H2,1H3. The summed E-state index contributed by atoms with van der Waals surface area (Å²) in [7, 11) is 1.72. The lowest BCUT2D eigenvalue weighted by atomic mass is 10.1. The van der Waals surface area contributed by atoms with Crippen molar-refractivity contribution in [2.75, 3.05) is 7.11 Å². The summed E-state index contributed by atoms with van der Waals surface area (Å²) >= 11 is 0. The molecule has 1 aliphatic rings. The third-order valence-corrected chi connectivity index (χ3v) is 5.40. The summed E-state index contributed by atoms with van der Waals surface area (Å²) in [6, 6.07) is 17.1. The van der Waals surface area contributed by atoms with Gasteiger partial charge in [-0.2, -0.15) is 0 Å². The molecular weight excluding hydrogens is 308 g/mol. The van der Waals surface area contributed by atoms with E-state index in [4.69, 9.17) is 9.72 Å². The summed E-state index contributed by atoms with van der Waals surface area (Å²) in [6.07, 6.45) is 7.47. The highest BCUT2D eigenvalue weighted by Gasteiger charge is 2.23.